The molecule has 0 saturated heterocycles. The molecule has 1 amide bonds. The van der Waals surface area contributed by atoms with E-state index in [2.05, 4.69) is 22.0 Å². The van der Waals surface area contributed by atoms with Crippen molar-refractivity contribution in [2.75, 3.05) is 18.5 Å². The Morgan fingerprint density at radius 3 is 2.84 bits per heavy atom. The van der Waals surface area contributed by atoms with E-state index in [9.17, 15) is 4.79 Å². The van der Waals surface area contributed by atoms with Crippen LogP contribution in [0.4, 0.5) is 5.69 Å². The van der Waals surface area contributed by atoms with Gasteiger partial charge in [-0.15, -0.1) is 11.3 Å². The second kappa shape index (κ2) is 6.58. The molecule has 1 aromatic heterocycles. The van der Waals surface area contributed by atoms with Gasteiger partial charge in [-0.25, -0.2) is 4.98 Å². The minimum Gasteiger partial charge on any atom is -0.310 e. The molecule has 0 bridgehead atoms. The van der Waals surface area contributed by atoms with Gasteiger partial charge in [0.25, 0.3) is 0 Å². The molecular weight excluding hydrogens is 330 g/mol. The molecule has 3 aromatic rings. The molecule has 0 N–H and O–H groups in total. The number of thiazole rings is 1. The summed E-state index contributed by atoms with van der Waals surface area (Å²) in [5.74, 6) is 0.161. The highest BCUT2D eigenvalue weighted by molar-refractivity contribution is 7.18. The van der Waals surface area contributed by atoms with Gasteiger partial charge in [0.15, 0.2) is 0 Å². The Morgan fingerprint density at radius 2 is 2.00 bits per heavy atom. The summed E-state index contributed by atoms with van der Waals surface area (Å²) < 4.78 is 1.19. The largest absolute Gasteiger partial charge is 0.310 e. The molecule has 2 heterocycles. The third kappa shape index (κ3) is 3.05. The second-order valence-electron chi connectivity index (χ2n) is 6.54. The monoisotopic (exact) mass is 351 g/mol. The van der Waals surface area contributed by atoms with Gasteiger partial charge in [-0.05, 0) is 44.2 Å². The summed E-state index contributed by atoms with van der Waals surface area (Å²) in [4.78, 5) is 21.7. The summed E-state index contributed by atoms with van der Waals surface area (Å²) in [6, 6.07) is 16.2. The third-order valence-corrected chi connectivity index (χ3v) is 5.92. The number of nitrogens with zero attached hydrogens (tertiary/aromatic N) is 3. The molecule has 2 aromatic carbocycles. The predicted octanol–water partition coefficient (Wildman–Crippen LogP) is 3.71. The van der Waals surface area contributed by atoms with Crippen molar-refractivity contribution in [3.05, 3.63) is 59.1 Å². The van der Waals surface area contributed by atoms with Gasteiger partial charge in [0.2, 0.25) is 5.91 Å². The molecule has 5 heteroatoms. The van der Waals surface area contributed by atoms with Gasteiger partial charge in [-0.1, -0.05) is 30.3 Å². The first-order valence-electron chi connectivity index (χ1n) is 8.57. The summed E-state index contributed by atoms with van der Waals surface area (Å²) in [6.45, 7) is 3.44. The third-order valence-electron chi connectivity index (χ3n) is 4.89. The lowest BCUT2D eigenvalue weighted by Gasteiger charge is -2.27. The summed E-state index contributed by atoms with van der Waals surface area (Å²) in [7, 11) is 2.00. The van der Waals surface area contributed by atoms with Crippen molar-refractivity contribution < 1.29 is 4.79 Å². The zero-order valence-corrected chi connectivity index (χ0v) is 15.3. The Morgan fingerprint density at radius 1 is 1.24 bits per heavy atom. The smallest absolute Gasteiger partial charge is 0.244 e. The molecule has 1 atom stereocenters. The van der Waals surface area contributed by atoms with Crippen LogP contribution in [0.5, 0.6) is 0 Å². The minimum absolute atomic E-state index is 0.161. The number of carbonyl (C=O) groups is 1. The van der Waals surface area contributed by atoms with Gasteiger partial charge < -0.3 is 4.90 Å². The van der Waals surface area contributed by atoms with Crippen LogP contribution in [0.2, 0.25) is 0 Å². The topological polar surface area (TPSA) is 36.4 Å². The molecule has 0 saturated carbocycles. The van der Waals surface area contributed by atoms with Crippen LogP contribution in [0.15, 0.2) is 48.5 Å². The van der Waals surface area contributed by atoms with Crippen LogP contribution in [-0.2, 0) is 17.8 Å². The maximum Gasteiger partial charge on any atom is 0.244 e. The number of hydrogen-bond acceptors (Lipinski definition) is 4. The number of fused-ring (bicyclic) bond motifs is 2. The van der Waals surface area contributed by atoms with Crippen LogP contribution < -0.4 is 4.90 Å². The summed E-state index contributed by atoms with van der Waals surface area (Å²) in [6.07, 6.45) is 0.941. The Bertz CT molecular complexity index is 887. The zero-order chi connectivity index (χ0) is 17.4. The van der Waals surface area contributed by atoms with Crippen molar-refractivity contribution >= 4 is 33.1 Å². The van der Waals surface area contributed by atoms with Crippen molar-refractivity contribution in [2.24, 2.45) is 0 Å². The fourth-order valence-electron chi connectivity index (χ4n) is 3.32. The van der Waals surface area contributed by atoms with Crippen LogP contribution >= 0.6 is 11.3 Å². The number of likely N-dealkylation sites (N-methyl/N-ethyl adjacent to an activating group) is 1. The van der Waals surface area contributed by atoms with Crippen LogP contribution in [0.1, 0.15) is 17.5 Å². The molecule has 1 aliphatic rings. The van der Waals surface area contributed by atoms with Gasteiger partial charge >= 0.3 is 0 Å². The van der Waals surface area contributed by atoms with Gasteiger partial charge in [0.1, 0.15) is 5.01 Å². The van der Waals surface area contributed by atoms with E-state index < -0.39 is 0 Å². The first-order chi connectivity index (χ1) is 12.1. The molecule has 1 aliphatic heterocycles. The number of hydrogen-bond donors (Lipinski definition) is 0. The highest BCUT2D eigenvalue weighted by Crippen LogP contribution is 2.29. The molecule has 25 heavy (non-hydrogen) atoms. The van der Waals surface area contributed by atoms with E-state index in [0.29, 0.717) is 6.54 Å². The van der Waals surface area contributed by atoms with Crippen LogP contribution in [0.3, 0.4) is 0 Å². The van der Waals surface area contributed by atoms with Crippen LogP contribution in [-0.4, -0.2) is 35.4 Å². The van der Waals surface area contributed by atoms with Gasteiger partial charge in [0.05, 0.1) is 22.8 Å². The lowest BCUT2D eigenvalue weighted by atomic mass is 10.2. The number of rotatable bonds is 4. The summed E-state index contributed by atoms with van der Waals surface area (Å²) in [5.41, 5.74) is 3.35. The normalized spacial score (nSPS) is 14.9. The maximum atomic E-state index is 13.0. The fraction of sp³-hybridized carbons (Fsp3) is 0.300. The Hall–Kier alpha value is -2.24. The molecule has 1 unspecified atom stereocenters. The molecular formula is C20H21N3OS. The van der Waals surface area contributed by atoms with Crippen molar-refractivity contribution in [1.29, 1.82) is 0 Å². The molecule has 128 valence electrons. The van der Waals surface area contributed by atoms with E-state index in [1.165, 1.54) is 10.3 Å². The van der Waals surface area contributed by atoms with Crippen molar-refractivity contribution in [1.82, 2.24) is 9.88 Å². The van der Waals surface area contributed by atoms with Crippen LogP contribution in [0.25, 0.3) is 10.2 Å². The summed E-state index contributed by atoms with van der Waals surface area (Å²) >= 11 is 1.70. The van der Waals surface area contributed by atoms with Gasteiger partial charge in [-0.3, -0.25) is 9.69 Å². The molecule has 0 fully saturated rings. The number of para-hydroxylation sites is 2. The van der Waals surface area contributed by atoms with Crippen LogP contribution in [0, 0.1) is 0 Å². The first-order valence-corrected chi connectivity index (χ1v) is 9.39. The number of carbonyl (C=O) groups excluding carboxylic acids is 1. The molecule has 0 radical (unpaired) electrons. The lowest BCUT2D eigenvalue weighted by Crippen LogP contribution is -2.44. The van der Waals surface area contributed by atoms with E-state index in [1.807, 2.05) is 55.3 Å². The second-order valence-corrected chi connectivity index (χ2v) is 7.65. The van der Waals surface area contributed by atoms with Crippen molar-refractivity contribution in [3.63, 3.8) is 0 Å². The molecule has 0 aliphatic carbocycles. The van der Waals surface area contributed by atoms with Gasteiger partial charge in [0, 0.05) is 12.2 Å². The summed E-state index contributed by atoms with van der Waals surface area (Å²) in [5, 5.41) is 1.05. The molecule has 0 spiro atoms. The van der Waals surface area contributed by atoms with Crippen molar-refractivity contribution in [3.8, 4) is 0 Å². The maximum absolute atomic E-state index is 13.0. The van der Waals surface area contributed by atoms with E-state index in [0.717, 1.165) is 29.2 Å². The highest BCUT2D eigenvalue weighted by atomic mass is 32.1. The van der Waals surface area contributed by atoms with E-state index in [1.54, 1.807) is 11.3 Å². The standard InChI is InChI=1S/C20H21N3OS/c1-14(20(24)23-12-11-15-7-3-5-9-17(15)23)22(2)13-19-21-16-8-4-6-10-18(16)25-19/h3-10,14H,11-13H2,1-2H3. The molecule has 4 rings (SSSR count). The van der Waals surface area contributed by atoms with E-state index >= 15 is 0 Å². The number of aromatic nitrogens is 1. The van der Waals surface area contributed by atoms with E-state index in [4.69, 9.17) is 0 Å². The average molecular weight is 351 g/mol. The first kappa shape index (κ1) is 16.2. The Balaban J connectivity index is 1.48. The molecule has 4 nitrogen and oxygen atoms in total. The Labute approximate surface area is 151 Å². The quantitative estimate of drug-likeness (QED) is 0.719. The van der Waals surface area contributed by atoms with Gasteiger partial charge in [-0.2, -0.15) is 0 Å². The SMILES string of the molecule is CC(C(=O)N1CCc2ccccc21)N(C)Cc1nc2ccccc2s1. The van der Waals surface area contributed by atoms with E-state index in [-0.39, 0.29) is 11.9 Å². The number of benzene rings is 2. The number of anilines is 1. The Kier molecular flexibility index (Phi) is 4.27. The number of amides is 1. The lowest BCUT2D eigenvalue weighted by molar-refractivity contribution is -0.122. The highest BCUT2D eigenvalue weighted by Gasteiger charge is 2.29. The minimum atomic E-state index is -0.182. The average Bonchev–Trinajstić information content (AvgIpc) is 3.23. The fourth-order valence-corrected chi connectivity index (χ4v) is 4.35. The zero-order valence-electron chi connectivity index (χ0n) is 14.5. The van der Waals surface area contributed by atoms with Crippen molar-refractivity contribution in [2.45, 2.75) is 25.9 Å². The predicted molar refractivity (Wildman–Crippen MR) is 103 cm³/mol.